The van der Waals surface area contributed by atoms with Crippen LogP contribution < -0.4 is 0 Å². The van der Waals surface area contributed by atoms with Gasteiger partial charge in [-0.05, 0) is 68.9 Å². The van der Waals surface area contributed by atoms with Crippen molar-refractivity contribution in [2.24, 2.45) is 22.7 Å². The zero-order valence-electron chi connectivity index (χ0n) is 20.9. The summed E-state index contributed by atoms with van der Waals surface area (Å²) in [6.07, 6.45) is 8.67. The van der Waals surface area contributed by atoms with Gasteiger partial charge in [0.05, 0.1) is 32.2 Å². The Bertz CT molecular complexity index is 1030. The normalized spacial score (nSPS) is 46.7. The summed E-state index contributed by atoms with van der Waals surface area (Å²) in [4.78, 5) is 25.0. The minimum absolute atomic E-state index is 0.0366. The largest absolute Gasteiger partial charge is 0.472 e. The highest BCUT2D eigenvalue weighted by Crippen LogP contribution is 2.79. The Morgan fingerprint density at radius 1 is 1.24 bits per heavy atom. The molecule has 5 rings (SSSR count). The molecule has 1 N–H and O–H groups in total. The molecule has 1 aromatic heterocycles. The molecule has 1 saturated heterocycles. The van der Waals surface area contributed by atoms with E-state index in [-0.39, 0.29) is 35.6 Å². The van der Waals surface area contributed by atoms with E-state index in [2.05, 4.69) is 20.8 Å². The van der Waals surface area contributed by atoms with Crippen molar-refractivity contribution in [3.8, 4) is 0 Å². The molecule has 0 amide bonds. The molecule has 3 fully saturated rings. The van der Waals surface area contributed by atoms with Gasteiger partial charge in [-0.3, -0.25) is 4.79 Å². The van der Waals surface area contributed by atoms with Crippen LogP contribution in [0.2, 0.25) is 0 Å². The Kier molecular flexibility index (Phi) is 5.00. The lowest BCUT2D eigenvalue weighted by Crippen LogP contribution is -2.57. The molecular formula is C27H36O7. The maximum atomic E-state index is 12.5. The molecule has 8 atom stereocenters. The van der Waals surface area contributed by atoms with E-state index in [4.69, 9.17) is 18.6 Å². The highest BCUT2D eigenvalue weighted by atomic mass is 16.6. The molecule has 2 saturated carbocycles. The van der Waals surface area contributed by atoms with Crippen LogP contribution >= 0.6 is 0 Å². The number of methoxy groups -OCH3 is 1. The van der Waals surface area contributed by atoms with Gasteiger partial charge in [0.1, 0.15) is 16.8 Å². The van der Waals surface area contributed by atoms with Crippen molar-refractivity contribution in [3.05, 3.63) is 36.3 Å². The summed E-state index contributed by atoms with van der Waals surface area (Å²) in [5, 5.41) is 11.4. The fourth-order valence-corrected chi connectivity index (χ4v) is 8.52. The number of furan rings is 1. The Hall–Kier alpha value is -2.12. The van der Waals surface area contributed by atoms with E-state index in [1.165, 1.54) is 13.2 Å². The number of rotatable bonds is 4. The molecule has 8 unspecified atom stereocenters. The number of cyclic esters (lactones) is 1. The molecule has 2 aliphatic heterocycles. The molecule has 186 valence electrons. The molecule has 34 heavy (non-hydrogen) atoms. The number of hydrogen-bond donors (Lipinski definition) is 1. The number of esters is 2. The molecular weight excluding hydrogens is 436 g/mol. The predicted molar refractivity (Wildman–Crippen MR) is 123 cm³/mol. The number of allylic oxidation sites excluding steroid dienone is 1. The van der Waals surface area contributed by atoms with Gasteiger partial charge in [0.25, 0.3) is 0 Å². The summed E-state index contributed by atoms with van der Waals surface area (Å²) in [5.41, 5.74) is -1.97. The third-order valence-electron chi connectivity index (χ3n) is 10.1. The second kappa shape index (κ2) is 7.20. The number of aliphatic hydroxyl groups excluding tert-OH is 1. The van der Waals surface area contributed by atoms with E-state index >= 15 is 0 Å². The van der Waals surface area contributed by atoms with Crippen LogP contribution in [0.15, 0.2) is 35.2 Å². The number of epoxide rings is 1. The monoisotopic (exact) mass is 472 g/mol. The van der Waals surface area contributed by atoms with E-state index in [0.29, 0.717) is 6.42 Å². The van der Waals surface area contributed by atoms with Gasteiger partial charge in [-0.1, -0.05) is 19.9 Å². The van der Waals surface area contributed by atoms with Crippen molar-refractivity contribution >= 4 is 11.9 Å². The van der Waals surface area contributed by atoms with Gasteiger partial charge < -0.3 is 23.7 Å². The molecule has 0 radical (unpaired) electrons. The van der Waals surface area contributed by atoms with E-state index in [1.54, 1.807) is 12.5 Å². The van der Waals surface area contributed by atoms with Gasteiger partial charge in [-0.25, -0.2) is 4.79 Å². The van der Waals surface area contributed by atoms with Crippen molar-refractivity contribution in [1.29, 1.82) is 0 Å². The smallest absolute Gasteiger partial charge is 0.330 e. The van der Waals surface area contributed by atoms with Crippen LogP contribution in [0.1, 0.15) is 71.8 Å². The van der Waals surface area contributed by atoms with Crippen LogP contribution in [0, 0.1) is 22.7 Å². The predicted octanol–water partition coefficient (Wildman–Crippen LogP) is 4.15. The number of ether oxygens (including phenoxy) is 3. The van der Waals surface area contributed by atoms with Crippen LogP contribution in [0.4, 0.5) is 0 Å². The standard InChI is InChI=1S/C27H36O7/c1-23(2)19(14-22(30)31-6)24(3,10-8-21(29)33-23)18-7-11-25(4)17(16-9-12-32-15-16)13-20(28)27(25)26(18,5)34-27/h8-10,12,15,17-20,28H,7,11,13-14H2,1-6H3. The average molecular weight is 473 g/mol. The molecule has 1 aromatic rings. The maximum Gasteiger partial charge on any atom is 0.330 e. The third-order valence-corrected chi connectivity index (χ3v) is 10.1. The van der Waals surface area contributed by atoms with Gasteiger partial charge in [0.15, 0.2) is 0 Å². The lowest BCUT2D eigenvalue weighted by atomic mass is 9.49. The number of carbonyl (C=O) groups is 2. The molecule has 4 aliphatic rings. The minimum atomic E-state index is -0.893. The lowest BCUT2D eigenvalue weighted by Gasteiger charge is -2.52. The first-order chi connectivity index (χ1) is 15.9. The fraction of sp³-hybridized carbons (Fsp3) is 0.704. The zero-order valence-corrected chi connectivity index (χ0v) is 20.9. The Balaban J connectivity index is 1.58. The molecule has 2 aliphatic carbocycles. The first kappa shape index (κ1) is 23.6. The Labute approximate surface area is 200 Å². The number of aliphatic hydroxyl groups is 1. The van der Waals surface area contributed by atoms with Crippen molar-refractivity contribution in [2.75, 3.05) is 7.11 Å². The fourth-order valence-electron chi connectivity index (χ4n) is 8.52. The summed E-state index contributed by atoms with van der Waals surface area (Å²) in [6.45, 7) is 10.2. The molecule has 0 bridgehead atoms. The molecule has 0 aromatic carbocycles. The van der Waals surface area contributed by atoms with Gasteiger partial charge in [0, 0.05) is 17.4 Å². The molecule has 1 spiro atoms. The highest BCUT2D eigenvalue weighted by molar-refractivity contribution is 5.83. The topological polar surface area (TPSA) is 98.5 Å². The molecule has 7 heteroatoms. The summed E-state index contributed by atoms with van der Waals surface area (Å²) in [5.74, 6) is -0.986. The minimum Gasteiger partial charge on any atom is -0.472 e. The van der Waals surface area contributed by atoms with E-state index in [9.17, 15) is 14.7 Å². The second-order valence-electron chi connectivity index (χ2n) is 11.9. The van der Waals surface area contributed by atoms with Crippen molar-refractivity contribution in [3.63, 3.8) is 0 Å². The summed E-state index contributed by atoms with van der Waals surface area (Å²) >= 11 is 0. The van der Waals surface area contributed by atoms with Crippen LogP contribution in [-0.4, -0.2) is 47.1 Å². The van der Waals surface area contributed by atoms with Crippen LogP contribution in [-0.2, 0) is 23.8 Å². The first-order valence-corrected chi connectivity index (χ1v) is 12.2. The van der Waals surface area contributed by atoms with Gasteiger partial charge in [-0.15, -0.1) is 0 Å². The number of hydrogen-bond acceptors (Lipinski definition) is 7. The van der Waals surface area contributed by atoms with Crippen LogP contribution in [0.3, 0.4) is 0 Å². The summed E-state index contributed by atoms with van der Waals surface area (Å²) in [7, 11) is 1.38. The zero-order chi connectivity index (χ0) is 24.7. The second-order valence-corrected chi connectivity index (χ2v) is 11.9. The lowest BCUT2D eigenvalue weighted by molar-refractivity contribution is -0.166. The van der Waals surface area contributed by atoms with E-state index in [0.717, 1.165) is 18.4 Å². The quantitative estimate of drug-likeness (QED) is 0.519. The van der Waals surface area contributed by atoms with E-state index in [1.807, 2.05) is 26.0 Å². The summed E-state index contributed by atoms with van der Waals surface area (Å²) in [6, 6.07) is 1.99. The highest BCUT2D eigenvalue weighted by Gasteiger charge is 2.87. The van der Waals surface area contributed by atoms with Gasteiger partial charge in [-0.2, -0.15) is 0 Å². The Morgan fingerprint density at radius 2 is 1.97 bits per heavy atom. The molecule has 3 heterocycles. The van der Waals surface area contributed by atoms with Gasteiger partial charge in [0.2, 0.25) is 0 Å². The van der Waals surface area contributed by atoms with Crippen molar-refractivity contribution in [2.45, 2.75) is 89.1 Å². The third kappa shape index (κ3) is 2.83. The van der Waals surface area contributed by atoms with Gasteiger partial charge >= 0.3 is 11.9 Å². The van der Waals surface area contributed by atoms with Crippen LogP contribution in [0.25, 0.3) is 0 Å². The van der Waals surface area contributed by atoms with Crippen molar-refractivity contribution in [1.82, 2.24) is 0 Å². The maximum absolute atomic E-state index is 12.5. The van der Waals surface area contributed by atoms with E-state index < -0.39 is 34.3 Å². The SMILES string of the molecule is COC(=O)CC1C(C)(C)OC(=O)C=CC1(C)C1CCC2(C)C(c3ccoc3)CC(O)C23OC13C. The average Bonchev–Trinajstić information content (AvgIpc) is 3.07. The van der Waals surface area contributed by atoms with Crippen LogP contribution in [0.5, 0.6) is 0 Å². The Morgan fingerprint density at radius 3 is 2.62 bits per heavy atom. The molecule has 7 nitrogen and oxygen atoms in total. The number of carbonyl (C=O) groups excluding carboxylic acids is 2. The van der Waals surface area contributed by atoms with Crippen molar-refractivity contribution < 1.29 is 33.3 Å². The summed E-state index contributed by atoms with van der Waals surface area (Å²) < 4.78 is 22.9. The first-order valence-electron chi connectivity index (χ1n) is 12.2.